The lowest BCUT2D eigenvalue weighted by molar-refractivity contribution is 0.176. The van der Waals surface area contributed by atoms with Crippen molar-refractivity contribution in [1.29, 1.82) is 0 Å². The predicted molar refractivity (Wildman–Crippen MR) is 49.8 cm³/mol. The summed E-state index contributed by atoms with van der Waals surface area (Å²) < 4.78 is 5.33. The molecular formula is C9H15N3O. The average Bonchev–Trinajstić information content (AvgIpc) is 2.76. The first-order chi connectivity index (χ1) is 6.42. The number of aromatic nitrogens is 1. The first-order valence-electron chi connectivity index (χ1n) is 4.59. The molecule has 0 aromatic carbocycles. The van der Waals surface area contributed by atoms with Crippen LogP contribution in [0.3, 0.4) is 0 Å². The second kappa shape index (κ2) is 3.91. The zero-order valence-electron chi connectivity index (χ0n) is 7.49. The first-order valence-corrected chi connectivity index (χ1v) is 4.59. The molecule has 4 nitrogen and oxygen atoms in total. The Morgan fingerprint density at radius 3 is 3.15 bits per heavy atom. The minimum atomic E-state index is 0.192. The molecule has 4 N–H and O–H groups in total. The van der Waals surface area contributed by atoms with Gasteiger partial charge in [0.2, 0.25) is 0 Å². The van der Waals surface area contributed by atoms with E-state index in [1.165, 1.54) is 0 Å². The van der Waals surface area contributed by atoms with Crippen LogP contribution >= 0.6 is 0 Å². The van der Waals surface area contributed by atoms with Gasteiger partial charge in [-0.3, -0.25) is 11.3 Å². The second-order valence-corrected chi connectivity index (χ2v) is 3.39. The molecule has 0 radical (unpaired) electrons. The summed E-state index contributed by atoms with van der Waals surface area (Å²) in [6.45, 7) is 1.65. The molecule has 0 bridgehead atoms. The normalized spacial score (nSPS) is 24.8. The number of ether oxygens (including phenoxy) is 1. The quantitative estimate of drug-likeness (QED) is 0.471. The number of nitrogens with one attached hydrogen (secondary N) is 2. The Labute approximate surface area is 77.4 Å². The van der Waals surface area contributed by atoms with Crippen molar-refractivity contribution >= 4 is 0 Å². The summed E-state index contributed by atoms with van der Waals surface area (Å²) in [5.41, 5.74) is 3.97. The van der Waals surface area contributed by atoms with Gasteiger partial charge < -0.3 is 9.72 Å². The van der Waals surface area contributed by atoms with Gasteiger partial charge in [-0.15, -0.1) is 0 Å². The Morgan fingerprint density at radius 1 is 1.69 bits per heavy atom. The number of hydrogen-bond acceptors (Lipinski definition) is 3. The lowest BCUT2D eigenvalue weighted by Gasteiger charge is -2.19. The third kappa shape index (κ3) is 1.75. The van der Waals surface area contributed by atoms with E-state index in [0.29, 0.717) is 5.92 Å². The molecule has 2 rings (SSSR count). The zero-order valence-corrected chi connectivity index (χ0v) is 7.49. The molecular weight excluding hydrogens is 166 g/mol. The van der Waals surface area contributed by atoms with Crippen molar-refractivity contribution in [3.63, 3.8) is 0 Å². The monoisotopic (exact) mass is 181 g/mol. The summed E-state index contributed by atoms with van der Waals surface area (Å²) in [6, 6.07) is 4.22. The minimum absolute atomic E-state index is 0.192. The van der Waals surface area contributed by atoms with Crippen LogP contribution in [0.25, 0.3) is 0 Å². The third-order valence-corrected chi connectivity index (χ3v) is 2.57. The van der Waals surface area contributed by atoms with E-state index in [9.17, 15) is 0 Å². The van der Waals surface area contributed by atoms with E-state index in [-0.39, 0.29) is 6.04 Å². The Hall–Kier alpha value is -0.840. The van der Waals surface area contributed by atoms with Gasteiger partial charge in [0, 0.05) is 24.4 Å². The summed E-state index contributed by atoms with van der Waals surface area (Å²) >= 11 is 0. The predicted octanol–water partition coefficient (Wildman–Crippen LogP) is 0.556. The molecule has 1 fully saturated rings. The highest BCUT2D eigenvalue weighted by Gasteiger charge is 2.26. The molecule has 13 heavy (non-hydrogen) atoms. The lowest BCUT2D eigenvalue weighted by Crippen LogP contribution is -2.34. The minimum Gasteiger partial charge on any atom is -0.381 e. The molecule has 72 valence electrons. The van der Waals surface area contributed by atoms with Crippen molar-refractivity contribution in [3.05, 3.63) is 24.0 Å². The Balaban J connectivity index is 2.08. The smallest absolute Gasteiger partial charge is 0.0660 e. The largest absolute Gasteiger partial charge is 0.381 e. The Morgan fingerprint density at radius 2 is 2.62 bits per heavy atom. The van der Waals surface area contributed by atoms with E-state index in [1.54, 1.807) is 0 Å². The van der Waals surface area contributed by atoms with E-state index in [0.717, 1.165) is 25.3 Å². The molecule has 2 unspecified atom stereocenters. The number of hydrazine groups is 1. The van der Waals surface area contributed by atoms with Crippen molar-refractivity contribution in [2.45, 2.75) is 12.5 Å². The molecule has 1 aromatic heterocycles. The van der Waals surface area contributed by atoms with Crippen LogP contribution in [-0.4, -0.2) is 18.2 Å². The van der Waals surface area contributed by atoms with Gasteiger partial charge in [0.05, 0.1) is 12.6 Å². The first kappa shape index (κ1) is 8.74. The van der Waals surface area contributed by atoms with Crippen molar-refractivity contribution in [1.82, 2.24) is 10.4 Å². The molecule has 4 heteroatoms. The maximum absolute atomic E-state index is 5.52. The van der Waals surface area contributed by atoms with E-state index < -0.39 is 0 Å². The molecule has 1 aliphatic rings. The van der Waals surface area contributed by atoms with Crippen LogP contribution in [0.2, 0.25) is 0 Å². The fourth-order valence-electron chi connectivity index (χ4n) is 1.83. The highest BCUT2D eigenvalue weighted by Crippen LogP contribution is 2.26. The lowest BCUT2D eigenvalue weighted by atomic mass is 9.97. The van der Waals surface area contributed by atoms with Crippen LogP contribution in [-0.2, 0) is 4.74 Å². The Kier molecular flexibility index (Phi) is 2.63. The second-order valence-electron chi connectivity index (χ2n) is 3.39. The van der Waals surface area contributed by atoms with Crippen molar-refractivity contribution in [2.75, 3.05) is 13.2 Å². The van der Waals surface area contributed by atoms with E-state index >= 15 is 0 Å². The van der Waals surface area contributed by atoms with Gasteiger partial charge in [-0.1, -0.05) is 0 Å². The van der Waals surface area contributed by atoms with Crippen LogP contribution in [0.4, 0.5) is 0 Å². The molecule has 1 aliphatic heterocycles. The van der Waals surface area contributed by atoms with Crippen molar-refractivity contribution in [3.8, 4) is 0 Å². The number of aromatic amines is 1. The van der Waals surface area contributed by atoms with Gasteiger partial charge in [0.15, 0.2) is 0 Å². The topological polar surface area (TPSA) is 63.1 Å². The van der Waals surface area contributed by atoms with Gasteiger partial charge in [0.1, 0.15) is 0 Å². The fraction of sp³-hybridized carbons (Fsp3) is 0.556. The van der Waals surface area contributed by atoms with Gasteiger partial charge in [-0.05, 0) is 18.6 Å². The van der Waals surface area contributed by atoms with Crippen LogP contribution in [0.1, 0.15) is 18.2 Å². The number of H-pyrrole nitrogens is 1. The summed E-state index contributed by atoms with van der Waals surface area (Å²) in [5.74, 6) is 6.01. The van der Waals surface area contributed by atoms with E-state index in [4.69, 9.17) is 10.6 Å². The summed E-state index contributed by atoms with van der Waals surface area (Å²) in [5, 5.41) is 0. The summed E-state index contributed by atoms with van der Waals surface area (Å²) in [4.78, 5) is 3.17. The zero-order chi connectivity index (χ0) is 9.10. The molecule has 1 aromatic rings. The summed E-state index contributed by atoms with van der Waals surface area (Å²) in [6.07, 6.45) is 2.99. The van der Waals surface area contributed by atoms with E-state index in [1.807, 2.05) is 18.3 Å². The van der Waals surface area contributed by atoms with Crippen molar-refractivity contribution in [2.24, 2.45) is 11.8 Å². The van der Waals surface area contributed by atoms with Crippen molar-refractivity contribution < 1.29 is 4.74 Å². The van der Waals surface area contributed by atoms with Crippen LogP contribution in [0, 0.1) is 5.92 Å². The molecule has 2 atom stereocenters. The highest BCUT2D eigenvalue weighted by atomic mass is 16.5. The SMILES string of the molecule is NNC(c1ccc[nH]1)C1CCOC1. The molecule has 0 spiro atoms. The molecule has 0 aliphatic carbocycles. The van der Waals surface area contributed by atoms with Crippen LogP contribution in [0.5, 0.6) is 0 Å². The number of hydrogen-bond donors (Lipinski definition) is 3. The maximum Gasteiger partial charge on any atom is 0.0660 e. The average molecular weight is 181 g/mol. The molecule has 0 amide bonds. The number of rotatable bonds is 3. The standard InChI is InChI=1S/C9H15N3O/c10-12-9(7-3-5-13-6-7)8-2-1-4-11-8/h1-2,4,7,9,11-12H,3,5-6,10H2. The third-order valence-electron chi connectivity index (χ3n) is 2.57. The van der Waals surface area contributed by atoms with Gasteiger partial charge >= 0.3 is 0 Å². The summed E-state index contributed by atoms with van der Waals surface area (Å²) in [7, 11) is 0. The molecule has 0 saturated carbocycles. The Bertz CT molecular complexity index is 241. The molecule has 2 heterocycles. The fourth-order valence-corrected chi connectivity index (χ4v) is 1.83. The van der Waals surface area contributed by atoms with Gasteiger partial charge in [-0.2, -0.15) is 0 Å². The van der Waals surface area contributed by atoms with E-state index in [2.05, 4.69) is 10.4 Å². The number of nitrogens with two attached hydrogens (primary N) is 1. The van der Waals surface area contributed by atoms with Crippen LogP contribution < -0.4 is 11.3 Å². The highest BCUT2D eigenvalue weighted by molar-refractivity contribution is 5.10. The van der Waals surface area contributed by atoms with Gasteiger partial charge in [-0.25, -0.2) is 0 Å². The van der Waals surface area contributed by atoms with Gasteiger partial charge in [0.25, 0.3) is 0 Å². The molecule has 1 saturated heterocycles. The van der Waals surface area contributed by atoms with Crippen LogP contribution in [0.15, 0.2) is 18.3 Å². The maximum atomic E-state index is 5.52.